The number of amides is 2. The number of carboxylic acid groups (broad SMARTS) is 1. The summed E-state index contributed by atoms with van der Waals surface area (Å²) in [6.45, 7) is 2.90. The Labute approximate surface area is 256 Å². The van der Waals surface area contributed by atoms with E-state index in [2.05, 4.69) is 17.6 Å². The predicted octanol–water partition coefficient (Wildman–Crippen LogP) is 7.48. The molecule has 0 aliphatic heterocycles. The van der Waals surface area contributed by atoms with Crippen LogP contribution in [0.4, 0.5) is 0 Å². The van der Waals surface area contributed by atoms with Crippen LogP contribution < -0.4 is 15.4 Å². The molecule has 1 unspecified atom stereocenters. The number of carbonyl (C=O) groups excluding carboxylic acids is 2. The second kappa shape index (κ2) is 19.1. The Morgan fingerprint density at radius 2 is 1.33 bits per heavy atom. The molecule has 2 amide bonds. The lowest BCUT2D eigenvalue weighted by molar-refractivity contribution is -0.150. The lowest BCUT2D eigenvalue weighted by Gasteiger charge is -2.20. The molecule has 0 radical (unpaired) electrons. The number of benzene rings is 3. The number of carbonyl (C=O) groups is 3. The minimum Gasteiger partial charge on any atom is -0.474 e. The molecule has 7 heteroatoms. The van der Waals surface area contributed by atoms with Gasteiger partial charge in [0.1, 0.15) is 11.5 Å². The van der Waals surface area contributed by atoms with Gasteiger partial charge in [-0.15, -0.1) is 0 Å². The van der Waals surface area contributed by atoms with Gasteiger partial charge in [-0.25, -0.2) is 4.79 Å². The van der Waals surface area contributed by atoms with Gasteiger partial charge in [0.25, 0.3) is 5.91 Å². The van der Waals surface area contributed by atoms with Crippen molar-refractivity contribution in [1.29, 1.82) is 0 Å². The molecule has 3 aromatic carbocycles. The van der Waals surface area contributed by atoms with Gasteiger partial charge in [-0.05, 0) is 60.7 Å². The summed E-state index contributed by atoms with van der Waals surface area (Å²) in [4.78, 5) is 36.0. The van der Waals surface area contributed by atoms with Crippen molar-refractivity contribution < 1.29 is 24.2 Å². The van der Waals surface area contributed by atoms with Crippen LogP contribution in [0.2, 0.25) is 0 Å². The topological polar surface area (TPSA) is 105 Å². The zero-order valence-electron chi connectivity index (χ0n) is 25.4. The number of para-hydroxylation sites is 2. The molecule has 0 aromatic heterocycles. The van der Waals surface area contributed by atoms with Crippen LogP contribution in [0.15, 0.2) is 78.9 Å². The number of unbranched alkanes of at least 4 members (excludes halogenated alkanes) is 9. The summed E-state index contributed by atoms with van der Waals surface area (Å²) in [6.07, 6.45) is 13.3. The van der Waals surface area contributed by atoms with E-state index in [1.807, 2.05) is 66.7 Å². The molecule has 1 atom stereocenters. The Hall–Kier alpha value is -4.13. The molecule has 0 saturated carbocycles. The number of hydrogen-bond acceptors (Lipinski definition) is 4. The third kappa shape index (κ3) is 12.7. The van der Waals surface area contributed by atoms with Crippen molar-refractivity contribution in [3.05, 3.63) is 95.6 Å². The predicted molar refractivity (Wildman–Crippen MR) is 171 cm³/mol. The maximum atomic E-state index is 12.6. The summed E-state index contributed by atoms with van der Waals surface area (Å²) in [7, 11) is 0. The van der Waals surface area contributed by atoms with Gasteiger partial charge in [-0.2, -0.15) is 0 Å². The lowest BCUT2D eigenvalue weighted by atomic mass is 9.97. The first-order valence-electron chi connectivity index (χ1n) is 15.7. The Morgan fingerprint density at radius 3 is 1.98 bits per heavy atom. The minimum atomic E-state index is -1.53. The smallest absolute Gasteiger partial charge is 0.394 e. The molecular weight excluding hydrogens is 540 g/mol. The number of nitrogens with one attached hydrogen (secondary N) is 2. The fourth-order valence-corrected chi connectivity index (χ4v) is 5.07. The van der Waals surface area contributed by atoms with Gasteiger partial charge in [0, 0.05) is 18.2 Å². The summed E-state index contributed by atoms with van der Waals surface area (Å²) < 4.78 is 6.06. The SMILES string of the molecule is CCCCCCCCCCCCNC(=O)c1ccc(CC(Cc2ccccc2Oc2ccccc2)NC(=O)C(=O)O)cc1. The highest BCUT2D eigenvalue weighted by Gasteiger charge is 2.20. The number of ether oxygens (including phenoxy) is 1. The van der Waals surface area contributed by atoms with E-state index in [9.17, 15) is 19.5 Å². The summed E-state index contributed by atoms with van der Waals surface area (Å²) >= 11 is 0. The van der Waals surface area contributed by atoms with Crippen LogP contribution in [0, 0.1) is 0 Å². The molecule has 3 rings (SSSR count). The van der Waals surface area contributed by atoms with E-state index in [-0.39, 0.29) is 5.91 Å². The first kappa shape index (κ1) is 33.4. The molecule has 3 aromatic rings. The third-order valence-electron chi connectivity index (χ3n) is 7.45. The molecule has 0 fully saturated rings. The molecule has 0 bridgehead atoms. The average Bonchev–Trinajstić information content (AvgIpc) is 3.01. The molecular formula is C36H46N2O5. The first-order chi connectivity index (χ1) is 21.0. The number of carboxylic acids is 1. The van der Waals surface area contributed by atoms with Crippen LogP contribution in [0.1, 0.15) is 92.6 Å². The molecule has 230 valence electrons. The van der Waals surface area contributed by atoms with Crippen LogP contribution in [0.25, 0.3) is 0 Å². The molecule has 0 saturated heterocycles. The van der Waals surface area contributed by atoms with Gasteiger partial charge in [0.05, 0.1) is 0 Å². The first-order valence-corrected chi connectivity index (χ1v) is 15.7. The van der Waals surface area contributed by atoms with E-state index in [1.54, 1.807) is 12.1 Å². The van der Waals surface area contributed by atoms with Gasteiger partial charge in [-0.3, -0.25) is 9.59 Å². The average molecular weight is 587 g/mol. The van der Waals surface area contributed by atoms with Gasteiger partial charge in [-0.1, -0.05) is 113 Å². The van der Waals surface area contributed by atoms with Crippen molar-refractivity contribution in [2.24, 2.45) is 0 Å². The second-order valence-electron chi connectivity index (χ2n) is 11.0. The lowest BCUT2D eigenvalue weighted by Crippen LogP contribution is -2.41. The minimum absolute atomic E-state index is 0.106. The Bertz CT molecular complexity index is 1260. The maximum absolute atomic E-state index is 12.6. The largest absolute Gasteiger partial charge is 0.474 e. The summed E-state index contributed by atoms with van der Waals surface area (Å²) in [6, 6.07) is 23.6. The summed E-state index contributed by atoms with van der Waals surface area (Å²) in [5, 5.41) is 14.8. The van der Waals surface area contributed by atoms with E-state index in [0.717, 1.165) is 24.0 Å². The normalized spacial score (nSPS) is 11.5. The zero-order chi connectivity index (χ0) is 30.7. The molecule has 0 heterocycles. The number of hydrogen-bond donors (Lipinski definition) is 3. The summed E-state index contributed by atoms with van der Waals surface area (Å²) in [5.41, 5.74) is 2.29. The van der Waals surface area contributed by atoms with Gasteiger partial charge < -0.3 is 20.5 Å². The van der Waals surface area contributed by atoms with Crippen molar-refractivity contribution in [2.75, 3.05) is 6.54 Å². The molecule has 0 spiro atoms. The number of rotatable bonds is 19. The van der Waals surface area contributed by atoms with Gasteiger partial charge in [0.2, 0.25) is 0 Å². The molecule has 43 heavy (non-hydrogen) atoms. The Kier molecular flexibility index (Phi) is 14.9. The van der Waals surface area contributed by atoms with Gasteiger partial charge >= 0.3 is 11.9 Å². The fraction of sp³-hybridized carbons (Fsp3) is 0.417. The Morgan fingerprint density at radius 1 is 0.721 bits per heavy atom. The van der Waals surface area contributed by atoms with Crippen LogP contribution in [0.5, 0.6) is 11.5 Å². The van der Waals surface area contributed by atoms with Gasteiger partial charge in [0.15, 0.2) is 0 Å². The second-order valence-corrected chi connectivity index (χ2v) is 11.0. The number of aliphatic carboxylic acids is 1. The quantitative estimate of drug-likeness (QED) is 0.0998. The fourth-order valence-electron chi connectivity index (χ4n) is 5.07. The van der Waals surface area contributed by atoms with E-state index in [0.29, 0.717) is 36.4 Å². The molecule has 3 N–H and O–H groups in total. The van der Waals surface area contributed by atoms with E-state index >= 15 is 0 Å². The van der Waals surface area contributed by atoms with E-state index < -0.39 is 17.9 Å². The van der Waals surface area contributed by atoms with Crippen molar-refractivity contribution in [2.45, 2.75) is 90.0 Å². The summed E-state index contributed by atoms with van der Waals surface area (Å²) in [5.74, 6) is -1.38. The highest BCUT2D eigenvalue weighted by molar-refractivity contribution is 6.31. The van der Waals surface area contributed by atoms with Crippen LogP contribution in [-0.2, 0) is 22.4 Å². The molecule has 7 nitrogen and oxygen atoms in total. The monoisotopic (exact) mass is 586 g/mol. The van der Waals surface area contributed by atoms with Crippen molar-refractivity contribution in [1.82, 2.24) is 10.6 Å². The third-order valence-corrected chi connectivity index (χ3v) is 7.45. The standard InChI is InChI=1S/C36H46N2O5/c1-2-3-4-5-6-7-8-9-10-16-25-37-34(39)29-23-21-28(22-24-29)26-31(38-35(40)36(41)42)27-30-17-14-15-20-33(30)43-32-18-12-11-13-19-32/h11-15,17-24,31H,2-10,16,25-27H2,1H3,(H,37,39)(H,38,40)(H,41,42). The highest BCUT2D eigenvalue weighted by Crippen LogP contribution is 2.26. The zero-order valence-corrected chi connectivity index (χ0v) is 25.4. The maximum Gasteiger partial charge on any atom is 0.394 e. The van der Waals surface area contributed by atoms with Crippen molar-refractivity contribution in [3.63, 3.8) is 0 Å². The molecule has 0 aliphatic carbocycles. The van der Waals surface area contributed by atoms with Crippen molar-refractivity contribution >= 4 is 17.8 Å². The molecule has 0 aliphatic rings. The van der Waals surface area contributed by atoms with Crippen LogP contribution in [0.3, 0.4) is 0 Å². The Balaban J connectivity index is 1.50. The van der Waals surface area contributed by atoms with Crippen LogP contribution in [-0.4, -0.2) is 35.5 Å². The van der Waals surface area contributed by atoms with E-state index in [1.165, 1.54) is 51.4 Å². The van der Waals surface area contributed by atoms with Crippen molar-refractivity contribution in [3.8, 4) is 11.5 Å². The van der Waals surface area contributed by atoms with E-state index in [4.69, 9.17) is 4.74 Å². The highest BCUT2D eigenvalue weighted by atomic mass is 16.5. The van der Waals surface area contributed by atoms with Crippen LogP contribution >= 0.6 is 0 Å².